The number of carbonyl (C=O) groups excluding carboxylic acids is 2. The second kappa shape index (κ2) is 4.80. The van der Waals surface area contributed by atoms with Gasteiger partial charge in [-0.1, -0.05) is 0 Å². The second-order valence-corrected chi connectivity index (χ2v) is 4.71. The van der Waals surface area contributed by atoms with E-state index in [-0.39, 0.29) is 11.8 Å². The molecule has 1 saturated heterocycles. The van der Waals surface area contributed by atoms with Crippen molar-refractivity contribution in [1.29, 1.82) is 0 Å². The first-order valence-electron chi connectivity index (χ1n) is 6.07. The minimum Gasteiger partial charge on any atom is -0.343 e. The fourth-order valence-electron chi connectivity index (χ4n) is 2.13. The SMILES string of the molecule is CC1NC(=O)C(C)N(CCc2cnn(C)c2)C1=O. The third-order valence-corrected chi connectivity index (χ3v) is 3.26. The van der Waals surface area contributed by atoms with Crippen LogP contribution in [0.4, 0.5) is 0 Å². The topological polar surface area (TPSA) is 67.2 Å². The van der Waals surface area contributed by atoms with Gasteiger partial charge in [0.05, 0.1) is 6.20 Å². The molecular formula is C12H18N4O2. The first-order valence-corrected chi connectivity index (χ1v) is 6.07. The first kappa shape index (κ1) is 12.6. The van der Waals surface area contributed by atoms with Crippen LogP contribution in [0.25, 0.3) is 0 Å². The summed E-state index contributed by atoms with van der Waals surface area (Å²) in [6.45, 7) is 4.01. The van der Waals surface area contributed by atoms with Gasteiger partial charge >= 0.3 is 0 Å². The van der Waals surface area contributed by atoms with Gasteiger partial charge in [-0.05, 0) is 25.8 Å². The Morgan fingerprint density at radius 1 is 1.39 bits per heavy atom. The van der Waals surface area contributed by atoms with Crippen molar-refractivity contribution in [3.05, 3.63) is 18.0 Å². The van der Waals surface area contributed by atoms with Gasteiger partial charge in [0.25, 0.3) is 0 Å². The van der Waals surface area contributed by atoms with Gasteiger partial charge in [-0.2, -0.15) is 5.10 Å². The van der Waals surface area contributed by atoms with E-state index < -0.39 is 12.1 Å². The summed E-state index contributed by atoms with van der Waals surface area (Å²) in [5.41, 5.74) is 1.07. The van der Waals surface area contributed by atoms with Gasteiger partial charge < -0.3 is 10.2 Å². The third kappa shape index (κ3) is 2.37. The third-order valence-electron chi connectivity index (χ3n) is 3.26. The van der Waals surface area contributed by atoms with Crippen LogP contribution in [0.15, 0.2) is 12.4 Å². The molecule has 1 aromatic rings. The average molecular weight is 250 g/mol. The lowest BCUT2D eigenvalue weighted by atomic mass is 10.1. The molecule has 6 nitrogen and oxygen atoms in total. The minimum atomic E-state index is -0.428. The van der Waals surface area contributed by atoms with Crippen LogP contribution in [-0.2, 0) is 23.1 Å². The van der Waals surface area contributed by atoms with Gasteiger partial charge in [-0.3, -0.25) is 14.3 Å². The fraction of sp³-hybridized carbons (Fsp3) is 0.583. The maximum atomic E-state index is 12.0. The summed E-state index contributed by atoms with van der Waals surface area (Å²) in [7, 11) is 1.85. The van der Waals surface area contributed by atoms with Crippen molar-refractivity contribution in [2.45, 2.75) is 32.4 Å². The molecular weight excluding hydrogens is 232 g/mol. The zero-order valence-corrected chi connectivity index (χ0v) is 10.9. The van der Waals surface area contributed by atoms with Crippen LogP contribution in [0.2, 0.25) is 0 Å². The monoisotopic (exact) mass is 250 g/mol. The van der Waals surface area contributed by atoms with Crippen molar-refractivity contribution in [3.63, 3.8) is 0 Å². The lowest BCUT2D eigenvalue weighted by Gasteiger charge is -2.36. The van der Waals surface area contributed by atoms with E-state index in [1.807, 2.05) is 13.2 Å². The van der Waals surface area contributed by atoms with E-state index in [1.54, 1.807) is 29.6 Å². The van der Waals surface area contributed by atoms with E-state index >= 15 is 0 Å². The summed E-state index contributed by atoms with van der Waals surface area (Å²) in [5, 5.41) is 6.75. The van der Waals surface area contributed by atoms with Crippen LogP contribution in [0.1, 0.15) is 19.4 Å². The van der Waals surface area contributed by atoms with Gasteiger partial charge in [-0.15, -0.1) is 0 Å². The fourth-order valence-corrected chi connectivity index (χ4v) is 2.13. The minimum absolute atomic E-state index is 0.0222. The number of rotatable bonds is 3. The molecule has 98 valence electrons. The molecule has 0 aliphatic carbocycles. The zero-order valence-electron chi connectivity index (χ0n) is 10.9. The average Bonchev–Trinajstić information content (AvgIpc) is 2.73. The van der Waals surface area contributed by atoms with Crippen molar-refractivity contribution in [2.24, 2.45) is 7.05 Å². The van der Waals surface area contributed by atoms with E-state index in [4.69, 9.17) is 0 Å². The van der Waals surface area contributed by atoms with Gasteiger partial charge in [0.1, 0.15) is 12.1 Å². The number of hydrogen-bond acceptors (Lipinski definition) is 3. The molecule has 6 heteroatoms. The number of carbonyl (C=O) groups is 2. The van der Waals surface area contributed by atoms with Crippen LogP contribution < -0.4 is 5.32 Å². The summed E-state index contributed by atoms with van der Waals surface area (Å²) in [4.78, 5) is 25.3. The normalized spacial score (nSPS) is 24.3. The Morgan fingerprint density at radius 2 is 2.11 bits per heavy atom. The Balaban J connectivity index is 2.02. The van der Waals surface area contributed by atoms with Crippen molar-refractivity contribution >= 4 is 11.8 Å². The molecule has 0 bridgehead atoms. The predicted octanol–water partition coefficient (Wildman–Crippen LogP) is -0.302. The summed E-state index contributed by atoms with van der Waals surface area (Å²) in [6.07, 6.45) is 4.41. The number of aromatic nitrogens is 2. The molecule has 2 rings (SSSR count). The molecule has 2 unspecified atom stereocenters. The van der Waals surface area contributed by atoms with Gasteiger partial charge in [-0.25, -0.2) is 0 Å². The Bertz CT molecular complexity index is 468. The largest absolute Gasteiger partial charge is 0.343 e. The molecule has 2 heterocycles. The molecule has 1 aliphatic heterocycles. The molecule has 1 N–H and O–H groups in total. The quantitative estimate of drug-likeness (QED) is 0.800. The number of amides is 2. The molecule has 0 aromatic carbocycles. The van der Waals surface area contributed by atoms with Gasteiger partial charge in [0.15, 0.2) is 0 Å². The molecule has 1 aromatic heterocycles. The molecule has 1 fully saturated rings. The zero-order chi connectivity index (χ0) is 13.3. The van der Waals surface area contributed by atoms with Gasteiger partial charge in [0.2, 0.25) is 11.8 Å². The summed E-state index contributed by atoms with van der Waals surface area (Å²) in [6, 6.07) is -0.826. The molecule has 1 aliphatic rings. The molecule has 2 atom stereocenters. The molecule has 2 amide bonds. The first-order chi connectivity index (χ1) is 8.49. The van der Waals surface area contributed by atoms with Crippen molar-refractivity contribution in [3.8, 4) is 0 Å². The summed E-state index contributed by atoms with van der Waals surface area (Å²) in [5.74, 6) is -0.112. The number of piperazine rings is 1. The van der Waals surface area contributed by atoms with E-state index in [0.29, 0.717) is 13.0 Å². The molecule has 0 spiro atoms. The summed E-state index contributed by atoms with van der Waals surface area (Å²) >= 11 is 0. The number of aryl methyl sites for hydroxylation is 1. The molecule has 0 radical (unpaired) electrons. The highest BCUT2D eigenvalue weighted by Crippen LogP contribution is 2.11. The number of hydrogen-bond donors (Lipinski definition) is 1. The van der Waals surface area contributed by atoms with Crippen LogP contribution in [-0.4, -0.2) is 45.1 Å². The Hall–Kier alpha value is -1.85. The van der Waals surface area contributed by atoms with Crippen molar-refractivity contribution in [2.75, 3.05) is 6.54 Å². The van der Waals surface area contributed by atoms with E-state index in [0.717, 1.165) is 5.56 Å². The molecule has 0 saturated carbocycles. The van der Waals surface area contributed by atoms with E-state index in [1.165, 1.54) is 0 Å². The Labute approximate surface area is 106 Å². The van der Waals surface area contributed by atoms with Gasteiger partial charge in [0, 0.05) is 19.8 Å². The Morgan fingerprint density at radius 3 is 2.72 bits per heavy atom. The molecule has 18 heavy (non-hydrogen) atoms. The predicted molar refractivity (Wildman–Crippen MR) is 65.7 cm³/mol. The van der Waals surface area contributed by atoms with Crippen LogP contribution in [0, 0.1) is 0 Å². The highest BCUT2D eigenvalue weighted by atomic mass is 16.2. The van der Waals surface area contributed by atoms with Crippen LogP contribution in [0.5, 0.6) is 0 Å². The van der Waals surface area contributed by atoms with E-state index in [9.17, 15) is 9.59 Å². The Kier molecular flexibility index (Phi) is 3.36. The number of nitrogens with one attached hydrogen (secondary N) is 1. The number of nitrogens with zero attached hydrogens (tertiary/aromatic N) is 3. The van der Waals surface area contributed by atoms with E-state index in [2.05, 4.69) is 10.4 Å². The summed E-state index contributed by atoms with van der Waals surface area (Å²) < 4.78 is 1.73. The van der Waals surface area contributed by atoms with Crippen LogP contribution in [0.3, 0.4) is 0 Å². The van der Waals surface area contributed by atoms with Crippen molar-refractivity contribution in [1.82, 2.24) is 20.0 Å². The highest BCUT2D eigenvalue weighted by Gasteiger charge is 2.35. The highest BCUT2D eigenvalue weighted by molar-refractivity contribution is 5.96. The lowest BCUT2D eigenvalue weighted by molar-refractivity contribution is -0.148. The maximum Gasteiger partial charge on any atom is 0.245 e. The lowest BCUT2D eigenvalue weighted by Crippen LogP contribution is -2.61. The second-order valence-electron chi connectivity index (χ2n) is 4.71. The van der Waals surface area contributed by atoms with Crippen LogP contribution >= 0.6 is 0 Å². The standard InChI is InChI=1S/C12H18N4O2/c1-8-12(18)16(9(2)11(17)14-8)5-4-10-6-13-15(3)7-10/h6-9H,4-5H2,1-3H3,(H,14,17). The maximum absolute atomic E-state index is 12.0. The smallest absolute Gasteiger partial charge is 0.245 e. The van der Waals surface area contributed by atoms with Crippen molar-refractivity contribution < 1.29 is 9.59 Å².